The Morgan fingerprint density at radius 3 is 2.47 bits per heavy atom. The molecule has 1 aromatic carbocycles. The fourth-order valence-corrected chi connectivity index (χ4v) is 1.56. The number of rotatable bonds is 4. The molecule has 0 saturated carbocycles. The molecule has 0 unspecified atom stereocenters. The fraction of sp³-hybridized carbons (Fsp3) is 0.455. The average Bonchev–Trinajstić information content (AvgIpc) is 2.16. The molecule has 0 heterocycles. The van der Waals surface area contributed by atoms with Crippen LogP contribution in [0.5, 0.6) is 5.75 Å². The second-order valence-electron chi connectivity index (χ2n) is 4.04. The predicted octanol–water partition coefficient (Wildman–Crippen LogP) is 0.573. The highest BCUT2D eigenvalue weighted by molar-refractivity contribution is 6.58. The van der Waals surface area contributed by atoms with Crippen LogP contribution in [0.15, 0.2) is 18.2 Å². The highest BCUT2D eigenvalue weighted by Crippen LogP contribution is 2.19. The van der Waals surface area contributed by atoms with Crippen molar-refractivity contribution in [2.75, 3.05) is 7.11 Å². The summed E-state index contributed by atoms with van der Waals surface area (Å²) in [4.78, 5) is 0. The Morgan fingerprint density at radius 2 is 2.00 bits per heavy atom. The third kappa shape index (κ3) is 3.25. The summed E-state index contributed by atoms with van der Waals surface area (Å²) >= 11 is 0. The lowest BCUT2D eigenvalue weighted by Crippen LogP contribution is -2.30. The SMILES string of the molecule is COc1ccc(B(O)O)cc1CC(C)C. The molecule has 82 valence electrons. The van der Waals surface area contributed by atoms with Gasteiger partial charge in [0.15, 0.2) is 0 Å². The number of ether oxygens (including phenoxy) is 1. The standard InChI is InChI=1S/C11H17BO3/c1-8(2)6-9-7-10(12(13)14)4-5-11(9)15-3/h4-5,7-8,13-14H,6H2,1-3H3. The fourth-order valence-electron chi connectivity index (χ4n) is 1.56. The third-order valence-corrected chi connectivity index (χ3v) is 2.23. The molecule has 15 heavy (non-hydrogen) atoms. The van der Waals surface area contributed by atoms with Crippen molar-refractivity contribution in [3.63, 3.8) is 0 Å². The van der Waals surface area contributed by atoms with Crippen LogP contribution in [0.3, 0.4) is 0 Å². The van der Waals surface area contributed by atoms with Gasteiger partial charge in [0.2, 0.25) is 0 Å². The van der Waals surface area contributed by atoms with E-state index in [1.54, 1.807) is 25.3 Å². The van der Waals surface area contributed by atoms with Crippen LogP contribution >= 0.6 is 0 Å². The van der Waals surface area contributed by atoms with Gasteiger partial charge in [-0.3, -0.25) is 0 Å². The maximum absolute atomic E-state index is 9.06. The van der Waals surface area contributed by atoms with Gasteiger partial charge in [0, 0.05) is 0 Å². The maximum Gasteiger partial charge on any atom is 0.488 e. The molecule has 3 nitrogen and oxygen atoms in total. The van der Waals surface area contributed by atoms with Crippen molar-refractivity contribution in [1.29, 1.82) is 0 Å². The maximum atomic E-state index is 9.06. The first-order valence-electron chi connectivity index (χ1n) is 5.07. The molecule has 2 N–H and O–H groups in total. The van der Waals surface area contributed by atoms with Crippen LogP contribution in [0.2, 0.25) is 0 Å². The summed E-state index contributed by atoms with van der Waals surface area (Å²) in [5, 5.41) is 18.1. The monoisotopic (exact) mass is 208 g/mol. The van der Waals surface area contributed by atoms with E-state index in [1.807, 2.05) is 0 Å². The van der Waals surface area contributed by atoms with E-state index in [4.69, 9.17) is 14.8 Å². The van der Waals surface area contributed by atoms with Crippen LogP contribution in [-0.2, 0) is 6.42 Å². The topological polar surface area (TPSA) is 49.7 Å². The highest BCUT2D eigenvalue weighted by Gasteiger charge is 2.14. The smallest absolute Gasteiger partial charge is 0.488 e. The Kier molecular flexibility index (Phi) is 4.18. The molecular weight excluding hydrogens is 191 g/mol. The molecule has 1 rings (SSSR count). The van der Waals surface area contributed by atoms with Gasteiger partial charge in [-0.25, -0.2) is 0 Å². The Labute approximate surface area is 90.9 Å². The Hall–Kier alpha value is -0.995. The van der Waals surface area contributed by atoms with Crippen molar-refractivity contribution in [3.8, 4) is 5.75 Å². The van der Waals surface area contributed by atoms with Crippen LogP contribution in [0.25, 0.3) is 0 Å². The summed E-state index contributed by atoms with van der Waals surface area (Å²) < 4.78 is 5.22. The molecule has 0 atom stereocenters. The number of methoxy groups -OCH3 is 1. The molecule has 1 aromatic rings. The minimum atomic E-state index is -1.41. The van der Waals surface area contributed by atoms with Gasteiger partial charge in [0.25, 0.3) is 0 Å². The van der Waals surface area contributed by atoms with Crippen LogP contribution in [0.4, 0.5) is 0 Å². The van der Waals surface area contributed by atoms with Crippen molar-refractivity contribution < 1.29 is 14.8 Å². The van der Waals surface area contributed by atoms with E-state index in [2.05, 4.69) is 13.8 Å². The van der Waals surface area contributed by atoms with Crippen LogP contribution < -0.4 is 10.2 Å². The Morgan fingerprint density at radius 1 is 1.33 bits per heavy atom. The van der Waals surface area contributed by atoms with Gasteiger partial charge >= 0.3 is 7.12 Å². The van der Waals surface area contributed by atoms with Gasteiger partial charge in [-0.2, -0.15) is 0 Å². The Bertz CT molecular complexity index is 324. The summed E-state index contributed by atoms with van der Waals surface area (Å²) in [6.07, 6.45) is 0.865. The quantitative estimate of drug-likeness (QED) is 0.711. The second kappa shape index (κ2) is 5.19. The van der Waals surface area contributed by atoms with E-state index in [-0.39, 0.29) is 0 Å². The molecule has 4 heteroatoms. The predicted molar refractivity (Wildman–Crippen MR) is 61.4 cm³/mol. The first-order valence-corrected chi connectivity index (χ1v) is 5.07. The first kappa shape index (κ1) is 12.1. The average molecular weight is 208 g/mol. The van der Waals surface area contributed by atoms with Crippen molar-refractivity contribution in [2.24, 2.45) is 5.92 Å². The lowest BCUT2D eigenvalue weighted by atomic mass is 9.79. The van der Waals surface area contributed by atoms with Crippen molar-refractivity contribution in [3.05, 3.63) is 23.8 Å². The van der Waals surface area contributed by atoms with Gasteiger partial charge in [-0.05, 0) is 29.4 Å². The highest BCUT2D eigenvalue weighted by atomic mass is 16.5. The van der Waals surface area contributed by atoms with Gasteiger partial charge in [0.1, 0.15) is 5.75 Å². The van der Waals surface area contributed by atoms with Gasteiger partial charge in [0.05, 0.1) is 7.11 Å². The minimum Gasteiger partial charge on any atom is -0.496 e. The summed E-state index contributed by atoms with van der Waals surface area (Å²) in [7, 11) is 0.204. The van der Waals surface area contributed by atoms with E-state index in [1.165, 1.54) is 0 Å². The van der Waals surface area contributed by atoms with Crippen LogP contribution in [0, 0.1) is 5.92 Å². The lowest BCUT2D eigenvalue weighted by molar-refractivity contribution is 0.406. The Balaban J connectivity index is 3.02. The molecule has 0 amide bonds. The summed E-state index contributed by atoms with van der Waals surface area (Å²) in [6, 6.07) is 5.21. The first-order chi connectivity index (χ1) is 7.04. The third-order valence-electron chi connectivity index (χ3n) is 2.23. The molecule has 0 aliphatic heterocycles. The van der Waals surface area contributed by atoms with Crippen molar-refractivity contribution in [1.82, 2.24) is 0 Å². The van der Waals surface area contributed by atoms with Gasteiger partial charge in [-0.1, -0.05) is 26.0 Å². The summed E-state index contributed by atoms with van der Waals surface area (Å²) in [5.74, 6) is 1.30. The van der Waals surface area contributed by atoms with E-state index in [0.717, 1.165) is 17.7 Å². The zero-order chi connectivity index (χ0) is 11.4. The van der Waals surface area contributed by atoms with E-state index < -0.39 is 7.12 Å². The molecule has 0 fully saturated rings. The number of hydrogen-bond donors (Lipinski definition) is 2. The molecule has 0 radical (unpaired) electrons. The molecular formula is C11H17BO3. The van der Waals surface area contributed by atoms with E-state index in [0.29, 0.717) is 11.4 Å². The molecule has 0 saturated heterocycles. The lowest BCUT2D eigenvalue weighted by Gasteiger charge is -2.12. The van der Waals surface area contributed by atoms with Crippen molar-refractivity contribution in [2.45, 2.75) is 20.3 Å². The minimum absolute atomic E-state index is 0.505. The molecule has 0 spiro atoms. The largest absolute Gasteiger partial charge is 0.496 e. The van der Waals surface area contributed by atoms with E-state index >= 15 is 0 Å². The zero-order valence-corrected chi connectivity index (χ0v) is 9.40. The summed E-state index contributed by atoms with van der Waals surface area (Å²) in [5.41, 5.74) is 1.52. The molecule has 0 aromatic heterocycles. The summed E-state index contributed by atoms with van der Waals surface area (Å²) in [6.45, 7) is 4.23. The molecule has 0 bridgehead atoms. The van der Waals surface area contributed by atoms with Crippen LogP contribution in [-0.4, -0.2) is 24.3 Å². The number of benzene rings is 1. The normalized spacial score (nSPS) is 10.5. The van der Waals surface area contributed by atoms with Crippen LogP contribution in [0.1, 0.15) is 19.4 Å². The van der Waals surface area contributed by atoms with E-state index in [9.17, 15) is 0 Å². The second-order valence-corrected chi connectivity index (χ2v) is 4.04. The van der Waals surface area contributed by atoms with Gasteiger partial charge < -0.3 is 14.8 Å². The van der Waals surface area contributed by atoms with Gasteiger partial charge in [-0.15, -0.1) is 0 Å². The van der Waals surface area contributed by atoms with Crippen molar-refractivity contribution >= 4 is 12.6 Å². The number of hydrogen-bond acceptors (Lipinski definition) is 3. The molecule has 0 aliphatic rings. The zero-order valence-electron chi connectivity index (χ0n) is 9.40. The molecule has 0 aliphatic carbocycles.